The monoisotopic (exact) mass is 490 g/mol. The summed E-state index contributed by atoms with van der Waals surface area (Å²) in [4.78, 5) is 30.0. The van der Waals surface area contributed by atoms with Crippen molar-refractivity contribution in [1.82, 2.24) is 0 Å². The number of carbonyl (C=O) groups is 2. The number of Topliss-reactive ketones (excluding diaryl/α,β-unsaturated/α-hetero) is 2. The molecule has 1 aliphatic carbocycles. The minimum absolute atomic E-state index is 0.0618. The third kappa shape index (κ3) is 5.46. The fraction of sp³-hybridized carbons (Fsp3) is 0.111. The van der Waals surface area contributed by atoms with Crippen molar-refractivity contribution in [2.75, 3.05) is 0 Å². The lowest BCUT2D eigenvalue weighted by molar-refractivity contribution is -0.117. The Labute approximate surface area is 206 Å². The first-order chi connectivity index (χ1) is 15.8. The Morgan fingerprint density at radius 3 is 1.15 bits per heavy atom. The van der Waals surface area contributed by atoms with Gasteiger partial charge in [0.15, 0.2) is 5.76 Å². The predicted octanol–water partition coefficient (Wildman–Crippen LogP) is 7.42. The zero-order chi connectivity index (χ0) is 23.5. The number of benzene rings is 3. The largest absolute Gasteiger partial charge is 0.503 e. The Hall–Kier alpha value is -2.67. The quantitative estimate of drug-likeness (QED) is 0.363. The number of hydrogen-bond donors (Lipinski definition) is 1. The zero-order valence-electron chi connectivity index (χ0n) is 18.4. The lowest BCUT2D eigenvalue weighted by Gasteiger charge is -2.20. The van der Waals surface area contributed by atoms with Gasteiger partial charge in [-0.25, -0.2) is 0 Å². The topological polar surface area (TPSA) is 54.4 Å². The van der Waals surface area contributed by atoms with Gasteiger partial charge in [-0.1, -0.05) is 88.4 Å². The Bertz CT molecular complexity index is 1270. The van der Waals surface area contributed by atoms with E-state index in [0.717, 1.165) is 43.1 Å². The first kappa shape index (κ1) is 23.5. The van der Waals surface area contributed by atoms with Crippen LogP contribution in [0.1, 0.15) is 16.7 Å². The molecule has 0 amide bonds. The van der Waals surface area contributed by atoms with Crippen molar-refractivity contribution in [3.8, 4) is 0 Å². The fourth-order valence-corrected chi connectivity index (χ4v) is 6.06. The van der Waals surface area contributed by atoms with Gasteiger partial charge in [0.1, 0.15) is 4.91 Å². The van der Waals surface area contributed by atoms with Crippen LogP contribution in [0.3, 0.4) is 0 Å². The third-order valence-corrected chi connectivity index (χ3v) is 8.40. The molecule has 3 aromatic rings. The summed E-state index contributed by atoms with van der Waals surface area (Å²) in [6.07, 6.45) is 0. The summed E-state index contributed by atoms with van der Waals surface area (Å²) in [5.41, 5.74) is 3.31. The summed E-state index contributed by atoms with van der Waals surface area (Å²) in [7, 11) is 0. The number of allylic oxidation sites excluding steroid dienone is 3. The number of aliphatic hydroxyl groups excluding tert-OH is 1. The van der Waals surface area contributed by atoms with Gasteiger partial charge in [-0.15, -0.1) is 0 Å². The van der Waals surface area contributed by atoms with Crippen LogP contribution in [-0.2, 0) is 9.59 Å². The lowest BCUT2D eigenvalue weighted by atomic mass is 10.1. The first-order valence-electron chi connectivity index (χ1n) is 10.3. The number of ketones is 2. The lowest BCUT2D eigenvalue weighted by Crippen LogP contribution is -2.20. The van der Waals surface area contributed by atoms with Crippen LogP contribution in [-0.4, -0.2) is 16.7 Å². The maximum absolute atomic E-state index is 13.6. The van der Waals surface area contributed by atoms with Gasteiger partial charge in [-0.2, -0.15) is 0 Å². The number of aryl methyl sites for hydroxylation is 3. The van der Waals surface area contributed by atoms with Gasteiger partial charge >= 0.3 is 0 Å². The SMILES string of the molecule is Cc1ccc(SC2=C(O)C(=O)C(Sc3ccc(C)cc3)=C(Sc3ccc(C)cc3)C2=O)cc1. The molecule has 1 aliphatic rings. The third-order valence-electron chi connectivity index (χ3n) is 4.98. The summed E-state index contributed by atoms with van der Waals surface area (Å²) >= 11 is 3.60. The fourth-order valence-electron chi connectivity index (χ4n) is 3.08. The van der Waals surface area contributed by atoms with E-state index in [-0.39, 0.29) is 15.6 Å². The van der Waals surface area contributed by atoms with Crippen LogP contribution >= 0.6 is 35.3 Å². The highest BCUT2D eigenvalue weighted by atomic mass is 32.2. The minimum Gasteiger partial charge on any atom is -0.503 e. The summed E-state index contributed by atoms with van der Waals surface area (Å²) < 4.78 is 0. The van der Waals surface area contributed by atoms with Crippen molar-refractivity contribution < 1.29 is 14.7 Å². The van der Waals surface area contributed by atoms with E-state index >= 15 is 0 Å². The summed E-state index contributed by atoms with van der Waals surface area (Å²) in [5.74, 6) is -1.35. The number of rotatable bonds is 6. The summed E-state index contributed by atoms with van der Waals surface area (Å²) in [6, 6.07) is 23.2. The molecule has 0 aromatic heterocycles. The molecule has 0 aliphatic heterocycles. The molecule has 166 valence electrons. The van der Waals surface area contributed by atoms with Crippen molar-refractivity contribution >= 4 is 46.9 Å². The van der Waals surface area contributed by atoms with Crippen molar-refractivity contribution in [1.29, 1.82) is 0 Å². The number of thioether (sulfide) groups is 3. The Morgan fingerprint density at radius 2 is 0.788 bits per heavy atom. The van der Waals surface area contributed by atoms with Gasteiger partial charge < -0.3 is 5.11 Å². The van der Waals surface area contributed by atoms with Crippen LogP contribution in [0.2, 0.25) is 0 Å². The second-order valence-electron chi connectivity index (χ2n) is 7.74. The smallest absolute Gasteiger partial charge is 0.236 e. The predicted molar refractivity (Wildman–Crippen MR) is 138 cm³/mol. The van der Waals surface area contributed by atoms with E-state index in [4.69, 9.17) is 0 Å². The molecule has 6 heteroatoms. The number of hydrogen-bond acceptors (Lipinski definition) is 6. The Morgan fingerprint density at radius 1 is 0.485 bits per heavy atom. The molecule has 0 saturated carbocycles. The van der Waals surface area contributed by atoms with Crippen LogP contribution < -0.4 is 0 Å². The number of aliphatic hydroxyl groups is 1. The van der Waals surface area contributed by atoms with E-state index in [9.17, 15) is 14.7 Å². The first-order valence-corrected chi connectivity index (χ1v) is 12.8. The highest BCUT2D eigenvalue weighted by molar-refractivity contribution is 8.09. The molecule has 1 N–H and O–H groups in total. The number of carbonyl (C=O) groups excluding carboxylic acids is 2. The van der Waals surface area contributed by atoms with Gasteiger partial charge in [0, 0.05) is 14.7 Å². The zero-order valence-corrected chi connectivity index (χ0v) is 20.9. The standard InChI is InChI=1S/C27H22O3S3/c1-16-4-10-19(11-5-16)31-25-22(28)23(29)26(32-20-12-6-17(2)7-13-20)27(24(25)30)33-21-14-8-18(3)9-15-21/h4-15,28H,1-3H3. The van der Waals surface area contributed by atoms with Crippen LogP contribution in [0.4, 0.5) is 0 Å². The molecular weight excluding hydrogens is 468 g/mol. The molecule has 4 rings (SSSR count). The van der Waals surface area contributed by atoms with Gasteiger partial charge in [0.2, 0.25) is 11.6 Å². The molecule has 3 nitrogen and oxygen atoms in total. The van der Waals surface area contributed by atoms with Gasteiger partial charge in [0.25, 0.3) is 0 Å². The van der Waals surface area contributed by atoms with Crippen LogP contribution in [0.15, 0.2) is 108 Å². The second-order valence-corrected chi connectivity index (χ2v) is 11.0. The molecule has 0 saturated heterocycles. The molecule has 3 aromatic carbocycles. The molecule has 0 bridgehead atoms. The van der Waals surface area contributed by atoms with E-state index < -0.39 is 11.5 Å². The molecule has 0 fully saturated rings. The summed E-state index contributed by atoms with van der Waals surface area (Å²) in [5, 5.41) is 10.8. The van der Waals surface area contributed by atoms with E-state index in [0.29, 0.717) is 4.91 Å². The molecule has 0 heterocycles. The van der Waals surface area contributed by atoms with E-state index in [2.05, 4.69) is 0 Å². The van der Waals surface area contributed by atoms with Gasteiger partial charge in [-0.05, 0) is 57.2 Å². The van der Waals surface area contributed by atoms with Gasteiger partial charge in [0.05, 0.1) is 9.81 Å². The van der Waals surface area contributed by atoms with Crippen LogP contribution in [0.5, 0.6) is 0 Å². The molecule has 0 atom stereocenters. The normalized spacial score (nSPS) is 14.3. The second kappa shape index (κ2) is 10.1. The average molecular weight is 491 g/mol. The maximum Gasteiger partial charge on any atom is 0.236 e. The molecule has 33 heavy (non-hydrogen) atoms. The van der Waals surface area contributed by atoms with Gasteiger partial charge in [-0.3, -0.25) is 9.59 Å². The van der Waals surface area contributed by atoms with E-state index in [1.54, 1.807) is 0 Å². The molecule has 0 spiro atoms. The van der Waals surface area contributed by atoms with E-state index in [1.807, 2.05) is 93.6 Å². The van der Waals surface area contributed by atoms with Crippen molar-refractivity contribution in [2.45, 2.75) is 35.5 Å². The van der Waals surface area contributed by atoms with Crippen molar-refractivity contribution in [3.63, 3.8) is 0 Å². The van der Waals surface area contributed by atoms with Crippen molar-refractivity contribution in [3.05, 3.63) is 110 Å². The minimum atomic E-state index is -0.524. The maximum atomic E-state index is 13.6. The van der Waals surface area contributed by atoms with Crippen LogP contribution in [0, 0.1) is 20.8 Å². The summed E-state index contributed by atoms with van der Waals surface area (Å²) in [6.45, 7) is 5.97. The highest BCUT2D eigenvalue weighted by Crippen LogP contribution is 2.46. The Kier molecular flexibility index (Phi) is 7.17. The highest BCUT2D eigenvalue weighted by Gasteiger charge is 2.36. The van der Waals surface area contributed by atoms with E-state index in [1.165, 1.54) is 23.5 Å². The van der Waals surface area contributed by atoms with Crippen LogP contribution in [0.25, 0.3) is 0 Å². The Balaban J connectivity index is 1.74. The average Bonchev–Trinajstić information content (AvgIpc) is 2.81. The molecule has 0 radical (unpaired) electrons. The molecule has 0 unspecified atom stereocenters. The van der Waals surface area contributed by atoms with Crippen molar-refractivity contribution in [2.24, 2.45) is 0 Å². The molecular formula is C27H22O3S3.